The summed E-state index contributed by atoms with van der Waals surface area (Å²) >= 11 is 0. The summed E-state index contributed by atoms with van der Waals surface area (Å²) in [5.74, 6) is 0.814. The molecule has 23 heavy (non-hydrogen) atoms. The first-order valence-corrected chi connectivity index (χ1v) is 8.22. The molecule has 0 saturated carbocycles. The van der Waals surface area contributed by atoms with Crippen LogP contribution in [0.2, 0.25) is 0 Å². The number of para-hydroxylation sites is 1. The lowest BCUT2D eigenvalue weighted by molar-refractivity contribution is -0.907. The van der Waals surface area contributed by atoms with E-state index in [-0.39, 0.29) is 12.7 Å². The highest BCUT2D eigenvalue weighted by atomic mass is 16.6. The number of aliphatic hydroxyl groups is 1. The second-order valence-corrected chi connectivity index (χ2v) is 5.87. The molecule has 0 aliphatic carbocycles. The van der Waals surface area contributed by atoms with Gasteiger partial charge in [0.2, 0.25) is 0 Å². The Labute approximate surface area is 137 Å². The number of benzene rings is 1. The van der Waals surface area contributed by atoms with Crippen molar-refractivity contribution in [2.24, 2.45) is 0 Å². The van der Waals surface area contributed by atoms with Crippen molar-refractivity contribution in [3.63, 3.8) is 0 Å². The van der Waals surface area contributed by atoms with Gasteiger partial charge in [-0.1, -0.05) is 18.2 Å². The van der Waals surface area contributed by atoms with Gasteiger partial charge < -0.3 is 19.5 Å². The highest BCUT2D eigenvalue weighted by molar-refractivity contribution is 5.67. The molecule has 0 spiro atoms. The van der Waals surface area contributed by atoms with Gasteiger partial charge in [0.15, 0.2) is 0 Å². The van der Waals surface area contributed by atoms with Crippen molar-refractivity contribution in [1.82, 2.24) is 4.90 Å². The second kappa shape index (κ2) is 8.74. The molecular weight excluding hydrogens is 296 g/mol. The van der Waals surface area contributed by atoms with Crippen molar-refractivity contribution in [1.29, 1.82) is 0 Å². The molecule has 2 rings (SSSR count). The van der Waals surface area contributed by atoms with Crippen molar-refractivity contribution in [3.8, 4) is 5.75 Å². The summed E-state index contributed by atoms with van der Waals surface area (Å²) in [6.45, 7) is 8.09. The maximum absolute atomic E-state index is 11.6. The third-order valence-corrected chi connectivity index (χ3v) is 4.05. The number of ether oxygens (including phenoxy) is 2. The van der Waals surface area contributed by atoms with E-state index in [0.717, 1.165) is 24.4 Å². The summed E-state index contributed by atoms with van der Waals surface area (Å²) < 4.78 is 10.7. The molecule has 1 aromatic rings. The number of piperazine rings is 1. The Bertz CT molecular complexity index is 501. The van der Waals surface area contributed by atoms with Crippen molar-refractivity contribution >= 4 is 6.09 Å². The summed E-state index contributed by atoms with van der Waals surface area (Å²) in [4.78, 5) is 14.7. The maximum atomic E-state index is 11.6. The molecule has 0 unspecified atom stereocenters. The number of aryl methyl sites for hydroxylation is 1. The normalized spacial score (nSPS) is 16.9. The summed E-state index contributed by atoms with van der Waals surface area (Å²) in [6.07, 6.45) is -0.756. The van der Waals surface area contributed by atoms with Crippen LogP contribution in [-0.4, -0.2) is 68.1 Å². The zero-order valence-corrected chi connectivity index (χ0v) is 14.0. The number of hydrogen-bond acceptors (Lipinski definition) is 4. The molecule has 1 saturated heterocycles. The molecule has 1 fully saturated rings. The first-order chi connectivity index (χ1) is 11.1. The largest absolute Gasteiger partial charge is 0.490 e. The standard InChI is InChI=1S/C17H26N2O4/c1-3-22-17(21)19-10-8-18(9-11-19)12-15(20)13-23-16-7-5-4-6-14(16)2/h4-7,15,20H,3,8-13H2,1-2H3/p+1/t15-/m0/s1. The molecule has 0 radical (unpaired) electrons. The highest BCUT2D eigenvalue weighted by Gasteiger charge is 2.26. The van der Waals surface area contributed by atoms with Gasteiger partial charge in [0, 0.05) is 0 Å². The molecule has 0 bridgehead atoms. The second-order valence-electron chi connectivity index (χ2n) is 5.87. The Morgan fingerprint density at radius 3 is 2.70 bits per heavy atom. The lowest BCUT2D eigenvalue weighted by atomic mass is 10.2. The lowest BCUT2D eigenvalue weighted by Crippen LogP contribution is -3.16. The molecule has 1 aliphatic rings. The van der Waals surface area contributed by atoms with Gasteiger partial charge in [-0.3, -0.25) is 4.90 Å². The Hall–Kier alpha value is -1.79. The molecule has 6 heteroatoms. The number of amides is 1. The monoisotopic (exact) mass is 323 g/mol. The number of nitrogens with zero attached hydrogens (tertiary/aromatic N) is 1. The van der Waals surface area contributed by atoms with E-state index in [4.69, 9.17) is 9.47 Å². The quantitative estimate of drug-likeness (QED) is 0.779. The van der Waals surface area contributed by atoms with Gasteiger partial charge in [0.1, 0.15) is 25.0 Å². The minimum Gasteiger partial charge on any atom is -0.490 e. The third-order valence-electron chi connectivity index (χ3n) is 4.05. The minimum absolute atomic E-state index is 0.241. The summed E-state index contributed by atoms with van der Waals surface area (Å²) in [5, 5.41) is 10.2. The molecule has 0 aromatic heterocycles. The van der Waals surface area contributed by atoms with Gasteiger partial charge in [-0.2, -0.15) is 0 Å². The van der Waals surface area contributed by atoms with Gasteiger partial charge in [0.05, 0.1) is 32.8 Å². The summed E-state index contributed by atoms with van der Waals surface area (Å²) in [6, 6.07) is 7.79. The number of carbonyl (C=O) groups excluding carboxylic acids is 1. The fourth-order valence-electron chi connectivity index (χ4n) is 2.72. The number of rotatable bonds is 6. The van der Waals surface area contributed by atoms with E-state index in [1.54, 1.807) is 4.90 Å². The van der Waals surface area contributed by atoms with Crippen LogP contribution in [0, 0.1) is 6.92 Å². The van der Waals surface area contributed by atoms with Crippen molar-refractivity contribution in [2.75, 3.05) is 45.9 Å². The molecule has 1 aliphatic heterocycles. The van der Waals surface area contributed by atoms with E-state index in [9.17, 15) is 9.90 Å². The van der Waals surface area contributed by atoms with Gasteiger partial charge in [-0.05, 0) is 25.5 Å². The molecule has 1 aromatic carbocycles. The first-order valence-electron chi connectivity index (χ1n) is 8.22. The fraction of sp³-hybridized carbons (Fsp3) is 0.588. The zero-order chi connectivity index (χ0) is 16.7. The van der Waals surface area contributed by atoms with E-state index in [1.807, 2.05) is 38.1 Å². The van der Waals surface area contributed by atoms with Crippen LogP contribution < -0.4 is 9.64 Å². The van der Waals surface area contributed by atoms with Gasteiger partial charge in [-0.15, -0.1) is 0 Å². The predicted octanol–water partition coefficient (Wildman–Crippen LogP) is 0.0917. The minimum atomic E-state index is -0.515. The van der Waals surface area contributed by atoms with Gasteiger partial charge in [-0.25, -0.2) is 4.79 Å². The van der Waals surface area contributed by atoms with Crippen LogP contribution >= 0.6 is 0 Å². The molecule has 1 atom stereocenters. The molecule has 6 nitrogen and oxygen atoms in total. The Kier molecular flexibility index (Phi) is 6.67. The smallest absolute Gasteiger partial charge is 0.410 e. The fourth-order valence-corrected chi connectivity index (χ4v) is 2.72. The highest BCUT2D eigenvalue weighted by Crippen LogP contribution is 2.16. The van der Waals surface area contributed by atoms with Crippen LogP contribution in [0.3, 0.4) is 0 Å². The molecular formula is C17H27N2O4+. The van der Waals surface area contributed by atoms with Crippen LogP contribution in [0.4, 0.5) is 4.79 Å². The summed E-state index contributed by atoms with van der Waals surface area (Å²) in [7, 11) is 0. The Balaban J connectivity index is 1.69. The third kappa shape index (κ3) is 5.41. The van der Waals surface area contributed by atoms with Crippen molar-refractivity contribution in [2.45, 2.75) is 20.0 Å². The predicted molar refractivity (Wildman–Crippen MR) is 86.8 cm³/mol. The van der Waals surface area contributed by atoms with Crippen LogP contribution in [0.15, 0.2) is 24.3 Å². The molecule has 1 amide bonds. The SMILES string of the molecule is CCOC(=O)N1CC[NH+](C[C@H](O)COc2ccccc2C)CC1. The average molecular weight is 323 g/mol. The van der Waals surface area contributed by atoms with E-state index in [0.29, 0.717) is 26.2 Å². The van der Waals surface area contributed by atoms with E-state index < -0.39 is 6.10 Å². The Morgan fingerprint density at radius 1 is 1.35 bits per heavy atom. The van der Waals surface area contributed by atoms with E-state index >= 15 is 0 Å². The lowest BCUT2D eigenvalue weighted by Gasteiger charge is -2.32. The molecule has 1 heterocycles. The van der Waals surface area contributed by atoms with Crippen LogP contribution in [0.1, 0.15) is 12.5 Å². The number of hydrogen-bond donors (Lipinski definition) is 2. The number of quaternary nitrogens is 1. The number of carbonyl (C=O) groups is 1. The molecule has 128 valence electrons. The average Bonchev–Trinajstić information content (AvgIpc) is 2.55. The molecule has 2 N–H and O–H groups in total. The van der Waals surface area contributed by atoms with E-state index in [1.165, 1.54) is 4.90 Å². The van der Waals surface area contributed by atoms with Crippen LogP contribution in [0.25, 0.3) is 0 Å². The first kappa shape index (κ1) is 17.6. The summed E-state index contributed by atoms with van der Waals surface area (Å²) in [5.41, 5.74) is 1.06. The van der Waals surface area contributed by atoms with E-state index in [2.05, 4.69) is 0 Å². The van der Waals surface area contributed by atoms with Gasteiger partial charge in [0.25, 0.3) is 0 Å². The van der Waals surface area contributed by atoms with Crippen LogP contribution in [0.5, 0.6) is 5.75 Å². The number of aliphatic hydroxyl groups excluding tert-OH is 1. The van der Waals surface area contributed by atoms with Crippen molar-refractivity contribution < 1.29 is 24.3 Å². The Morgan fingerprint density at radius 2 is 2.04 bits per heavy atom. The maximum Gasteiger partial charge on any atom is 0.410 e. The van der Waals surface area contributed by atoms with Gasteiger partial charge >= 0.3 is 6.09 Å². The number of nitrogens with one attached hydrogen (secondary N) is 1. The zero-order valence-electron chi connectivity index (χ0n) is 14.0. The van der Waals surface area contributed by atoms with Crippen LogP contribution in [-0.2, 0) is 4.74 Å². The van der Waals surface area contributed by atoms with Crippen molar-refractivity contribution in [3.05, 3.63) is 29.8 Å². The topological polar surface area (TPSA) is 63.4 Å².